The van der Waals surface area contributed by atoms with Crippen LogP contribution in [0.25, 0.3) is 0 Å². The van der Waals surface area contributed by atoms with Crippen LogP contribution in [0.4, 0.5) is 5.82 Å². The van der Waals surface area contributed by atoms with Gasteiger partial charge < -0.3 is 0 Å². The lowest BCUT2D eigenvalue weighted by Gasteiger charge is -2.37. The van der Waals surface area contributed by atoms with Crippen LogP contribution in [0.3, 0.4) is 0 Å². The van der Waals surface area contributed by atoms with E-state index in [-0.39, 0.29) is 12.5 Å². The summed E-state index contributed by atoms with van der Waals surface area (Å²) in [4.78, 5) is 14.4. The van der Waals surface area contributed by atoms with Crippen LogP contribution in [0.1, 0.15) is 19.8 Å². The number of amides is 1. The van der Waals surface area contributed by atoms with Gasteiger partial charge in [0, 0.05) is 26.2 Å². The van der Waals surface area contributed by atoms with Gasteiger partial charge in [-0.25, -0.2) is 8.42 Å². The van der Waals surface area contributed by atoms with Gasteiger partial charge in [0.1, 0.15) is 11.9 Å². The first-order chi connectivity index (χ1) is 10.2. The van der Waals surface area contributed by atoms with E-state index in [0.29, 0.717) is 24.4 Å². The number of piperidine rings is 1. The first-order valence-electron chi connectivity index (χ1n) is 7.12. The second-order valence-electron chi connectivity index (χ2n) is 5.73. The molecule has 0 N–H and O–H groups in total. The highest BCUT2D eigenvalue weighted by molar-refractivity contribution is 7.88. The number of aryl methyl sites for hydroxylation is 1. The summed E-state index contributed by atoms with van der Waals surface area (Å²) in [5.41, 5.74) is 0.705. The maximum atomic E-state index is 12.8. The van der Waals surface area contributed by atoms with Gasteiger partial charge in [0.05, 0.1) is 12.5 Å². The molecule has 22 heavy (non-hydrogen) atoms. The minimum Gasteiger partial charge on any atom is -0.296 e. The van der Waals surface area contributed by atoms with Crippen LogP contribution in [0.2, 0.25) is 0 Å². The minimum absolute atomic E-state index is 0.161. The van der Waals surface area contributed by atoms with E-state index in [1.54, 1.807) is 35.8 Å². The zero-order valence-electron chi connectivity index (χ0n) is 13.2. The smallest absolute Gasteiger partial charge is 0.246 e. The van der Waals surface area contributed by atoms with Crippen molar-refractivity contribution in [2.24, 2.45) is 7.05 Å². The predicted octanol–water partition coefficient (Wildman–Crippen LogP) is 0.753. The fourth-order valence-corrected chi connectivity index (χ4v) is 3.82. The van der Waals surface area contributed by atoms with Crippen LogP contribution in [0.15, 0.2) is 24.4 Å². The number of hydrogen-bond donors (Lipinski definition) is 0. The number of aromatic nitrogens is 2. The molecule has 1 amide bonds. The number of carbonyl (C=O) groups is 1. The average Bonchev–Trinajstić information content (AvgIpc) is 2.81. The molecule has 0 radical (unpaired) electrons. The average molecular weight is 326 g/mol. The molecule has 1 fully saturated rings. The van der Waals surface area contributed by atoms with Gasteiger partial charge >= 0.3 is 0 Å². The minimum atomic E-state index is -3.49. The van der Waals surface area contributed by atoms with Crippen LogP contribution in [-0.2, 0) is 21.9 Å². The molecule has 1 aromatic heterocycles. The molecule has 0 saturated carbocycles. The van der Waals surface area contributed by atoms with Crippen molar-refractivity contribution in [3.8, 4) is 0 Å². The highest BCUT2D eigenvalue weighted by Crippen LogP contribution is 2.25. The summed E-state index contributed by atoms with van der Waals surface area (Å²) in [5, 5.41) is 4.07. The fourth-order valence-electron chi connectivity index (χ4n) is 2.71. The van der Waals surface area contributed by atoms with Gasteiger partial charge in [0.2, 0.25) is 15.9 Å². The third kappa shape index (κ3) is 3.38. The molecule has 0 aliphatic carbocycles. The largest absolute Gasteiger partial charge is 0.296 e. The highest BCUT2D eigenvalue weighted by Gasteiger charge is 2.38. The van der Waals surface area contributed by atoms with E-state index in [0.717, 1.165) is 12.7 Å². The Labute approximate surface area is 131 Å². The summed E-state index contributed by atoms with van der Waals surface area (Å²) in [6.45, 7) is 6.25. The van der Waals surface area contributed by atoms with Crippen molar-refractivity contribution in [2.45, 2.75) is 25.8 Å². The molecule has 1 aliphatic rings. The summed E-state index contributed by atoms with van der Waals surface area (Å²) in [6.07, 6.45) is 4.01. The van der Waals surface area contributed by atoms with Gasteiger partial charge in [0.25, 0.3) is 0 Å². The number of hydrogen-bond acceptors (Lipinski definition) is 4. The first kappa shape index (κ1) is 16.7. The lowest BCUT2D eigenvalue weighted by atomic mass is 10.0. The molecular weight excluding hydrogens is 304 g/mol. The quantitative estimate of drug-likeness (QED) is 0.749. The molecule has 1 aromatic rings. The van der Waals surface area contributed by atoms with Crippen LogP contribution in [0.5, 0.6) is 0 Å². The van der Waals surface area contributed by atoms with Crippen molar-refractivity contribution < 1.29 is 13.2 Å². The van der Waals surface area contributed by atoms with Gasteiger partial charge in [-0.1, -0.05) is 12.2 Å². The Hall–Kier alpha value is -1.67. The SMILES string of the molecule is C=C(C)CN([C@@H]1CCCN(c2ccnn2C)C1=O)S(C)(=O)=O. The molecule has 1 aliphatic heterocycles. The summed E-state index contributed by atoms with van der Waals surface area (Å²) in [6, 6.07) is 1.07. The Balaban J connectivity index is 2.32. The number of sulfonamides is 1. The number of anilines is 1. The maximum absolute atomic E-state index is 12.8. The molecule has 2 heterocycles. The zero-order valence-corrected chi connectivity index (χ0v) is 14.0. The molecule has 1 saturated heterocycles. The van der Waals surface area contributed by atoms with Gasteiger partial charge in [-0.2, -0.15) is 9.40 Å². The molecule has 0 bridgehead atoms. The molecule has 7 nitrogen and oxygen atoms in total. The predicted molar refractivity (Wildman–Crippen MR) is 84.9 cm³/mol. The van der Waals surface area contributed by atoms with E-state index >= 15 is 0 Å². The Morgan fingerprint density at radius 3 is 2.73 bits per heavy atom. The lowest BCUT2D eigenvalue weighted by Crippen LogP contribution is -2.54. The molecule has 1 atom stereocenters. The van der Waals surface area contributed by atoms with Crippen molar-refractivity contribution in [1.29, 1.82) is 0 Å². The maximum Gasteiger partial charge on any atom is 0.246 e. The van der Waals surface area contributed by atoms with E-state index in [2.05, 4.69) is 11.7 Å². The van der Waals surface area contributed by atoms with Gasteiger partial charge in [0.15, 0.2) is 0 Å². The summed E-state index contributed by atoms with van der Waals surface area (Å²) in [5.74, 6) is 0.472. The van der Waals surface area contributed by atoms with Crippen LogP contribution < -0.4 is 4.90 Å². The standard InChI is InChI=1S/C14H22N4O3S/c1-11(2)10-18(22(4,20)21)12-6-5-9-17(14(12)19)13-7-8-15-16(13)3/h7-8,12H,1,5-6,9-10H2,2-4H3/t12-/m1/s1. The third-order valence-electron chi connectivity index (χ3n) is 3.68. The Morgan fingerprint density at radius 2 is 2.23 bits per heavy atom. The van der Waals surface area contributed by atoms with Crippen molar-refractivity contribution in [2.75, 3.05) is 24.2 Å². The van der Waals surface area contributed by atoms with Crippen LogP contribution >= 0.6 is 0 Å². The van der Waals surface area contributed by atoms with E-state index in [4.69, 9.17) is 0 Å². The molecule has 0 unspecified atom stereocenters. The third-order valence-corrected chi connectivity index (χ3v) is 4.92. The Bertz CT molecular complexity index is 680. The van der Waals surface area contributed by atoms with E-state index in [1.807, 2.05) is 0 Å². The van der Waals surface area contributed by atoms with Crippen molar-refractivity contribution in [3.63, 3.8) is 0 Å². The molecule has 2 rings (SSSR count). The fraction of sp³-hybridized carbons (Fsp3) is 0.571. The van der Waals surface area contributed by atoms with Crippen molar-refractivity contribution in [3.05, 3.63) is 24.4 Å². The topological polar surface area (TPSA) is 75.5 Å². The second kappa shape index (κ2) is 6.21. The van der Waals surface area contributed by atoms with E-state index in [1.165, 1.54) is 4.31 Å². The molecule has 8 heteroatoms. The number of nitrogens with zero attached hydrogens (tertiary/aromatic N) is 4. The summed E-state index contributed by atoms with van der Waals surface area (Å²) < 4.78 is 27.0. The van der Waals surface area contributed by atoms with Gasteiger partial charge in [-0.15, -0.1) is 0 Å². The van der Waals surface area contributed by atoms with Gasteiger partial charge in [-0.05, 0) is 19.8 Å². The van der Waals surface area contributed by atoms with Crippen LogP contribution in [0, 0.1) is 0 Å². The van der Waals surface area contributed by atoms with E-state index < -0.39 is 16.1 Å². The van der Waals surface area contributed by atoms with Crippen molar-refractivity contribution >= 4 is 21.7 Å². The number of rotatable bonds is 5. The Morgan fingerprint density at radius 1 is 1.55 bits per heavy atom. The molecular formula is C14H22N4O3S. The first-order valence-corrected chi connectivity index (χ1v) is 8.97. The number of carbonyl (C=O) groups excluding carboxylic acids is 1. The normalized spacial score (nSPS) is 19.7. The summed E-state index contributed by atoms with van der Waals surface area (Å²) >= 11 is 0. The van der Waals surface area contributed by atoms with Gasteiger partial charge in [-0.3, -0.25) is 14.4 Å². The molecule has 122 valence electrons. The Kier molecular flexibility index (Phi) is 4.72. The van der Waals surface area contributed by atoms with Crippen LogP contribution in [-0.4, -0.2) is 53.8 Å². The summed E-state index contributed by atoms with van der Waals surface area (Å²) in [7, 11) is -1.73. The zero-order chi connectivity index (χ0) is 16.5. The molecule has 0 spiro atoms. The molecule has 0 aromatic carbocycles. The highest BCUT2D eigenvalue weighted by atomic mass is 32.2. The lowest BCUT2D eigenvalue weighted by molar-refractivity contribution is -0.123. The second-order valence-corrected chi connectivity index (χ2v) is 7.66. The van der Waals surface area contributed by atoms with E-state index in [9.17, 15) is 13.2 Å². The monoisotopic (exact) mass is 326 g/mol. The van der Waals surface area contributed by atoms with Crippen molar-refractivity contribution in [1.82, 2.24) is 14.1 Å².